The highest BCUT2D eigenvalue weighted by Gasteiger charge is 1.99. The molecule has 1 aromatic rings. The zero-order valence-corrected chi connectivity index (χ0v) is 11.9. The molecule has 0 saturated heterocycles. The lowest BCUT2D eigenvalue weighted by molar-refractivity contribution is 0.810. The van der Waals surface area contributed by atoms with Crippen LogP contribution in [0, 0.1) is 0 Å². The third-order valence-electron chi connectivity index (χ3n) is 2.69. The van der Waals surface area contributed by atoms with E-state index in [1.807, 2.05) is 11.8 Å². The van der Waals surface area contributed by atoms with Gasteiger partial charge in [-0.05, 0) is 41.6 Å². The predicted molar refractivity (Wildman–Crippen MR) is 81.3 cm³/mol. The molecule has 0 atom stereocenters. The van der Waals surface area contributed by atoms with Gasteiger partial charge in [-0.2, -0.15) is 0 Å². The van der Waals surface area contributed by atoms with Gasteiger partial charge < -0.3 is 0 Å². The van der Waals surface area contributed by atoms with Crippen molar-refractivity contribution >= 4 is 17.8 Å². The third-order valence-corrected chi connectivity index (χ3v) is 3.87. The Bertz CT molecular complexity index is 314. The lowest BCUT2D eigenvalue weighted by Gasteiger charge is -2.06. The van der Waals surface area contributed by atoms with Crippen molar-refractivity contribution in [2.24, 2.45) is 0 Å². The third kappa shape index (κ3) is 6.58. The van der Waals surface area contributed by atoms with Crippen molar-refractivity contribution in [3.8, 4) is 0 Å². The van der Waals surface area contributed by atoms with Gasteiger partial charge in [-0.3, -0.25) is 0 Å². The van der Waals surface area contributed by atoms with E-state index in [-0.39, 0.29) is 0 Å². The lowest BCUT2D eigenvalue weighted by atomic mass is 10.1. The summed E-state index contributed by atoms with van der Waals surface area (Å²) in [6.07, 6.45) is 8.79. The second kappa shape index (κ2) is 9.35. The molecule has 0 spiro atoms. The van der Waals surface area contributed by atoms with Crippen LogP contribution in [0.3, 0.4) is 0 Å². The molecule has 1 rings (SSSR count). The highest BCUT2D eigenvalue weighted by atomic mass is 32.2. The van der Waals surface area contributed by atoms with Gasteiger partial charge in [-0.15, -0.1) is 11.8 Å². The van der Waals surface area contributed by atoms with Crippen LogP contribution >= 0.6 is 11.8 Å². The van der Waals surface area contributed by atoms with Crippen LogP contribution in [0.4, 0.5) is 0 Å². The quantitative estimate of drug-likeness (QED) is 0.528. The van der Waals surface area contributed by atoms with Gasteiger partial charge in [0.2, 0.25) is 0 Å². The lowest BCUT2D eigenvalue weighted by Crippen LogP contribution is -1.84. The number of benzene rings is 1. The van der Waals surface area contributed by atoms with Crippen LogP contribution in [0.25, 0.3) is 6.08 Å². The largest absolute Gasteiger partial charge is 0.131 e. The molecule has 17 heavy (non-hydrogen) atoms. The van der Waals surface area contributed by atoms with Gasteiger partial charge in [-0.25, -0.2) is 0 Å². The van der Waals surface area contributed by atoms with E-state index >= 15 is 0 Å². The fraction of sp³-hybridized carbons (Fsp3) is 0.500. The molecule has 0 aliphatic rings. The van der Waals surface area contributed by atoms with E-state index in [1.54, 1.807) is 4.91 Å². The summed E-state index contributed by atoms with van der Waals surface area (Å²) in [7, 11) is 0. The Morgan fingerprint density at radius 2 is 1.76 bits per heavy atom. The first-order valence-electron chi connectivity index (χ1n) is 6.75. The summed E-state index contributed by atoms with van der Waals surface area (Å²) in [5.41, 5.74) is 1.34. The average Bonchev–Trinajstić information content (AvgIpc) is 2.37. The Balaban J connectivity index is 2.57. The van der Waals surface area contributed by atoms with Crippen LogP contribution < -0.4 is 0 Å². The second-order valence-electron chi connectivity index (χ2n) is 4.33. The van der Waals surface area contributed by atoms with E-state index in [4.69, 9.17) is 0 Å². The van der Waals surface area contributed by atoms with E-state index in [1.165, 1.54) is 43.4 Å². The highest BCUT2D eigenvalue weighted by molar-refractivity contribution is 8.03. The standard InChI is InChI=1S/C16H24S/c1-3-5-12-16(17-13-6-4-2)14-15-10-8-7-9-11-15/h7-11,14H,3-6,12-13H2,1-2H3/b16-14-. The van der Waals surface area contributed by atoms with Crippen LogP contribution in [0.15, 0.2) is 35.2 Å². The van der Waals surface area contributed by atoms with Gasteiger partial charge >= 0.3 is 0 Å². The van der Waals surface area contributed by atoms with Gasteiger partial charge in [0.1, 0.15) is 0 Å². The van der Waals surface area contributed by atoms with Crippen LogP contribution in [0.2, 0.25) is 0 Å². The minimum atomic E-state index is 1.24. The van der Waals surface area contributed by atoms with Crippen LogP contribution in [-0.2, 0) is 0 Å². The Morgan fingerprint density at radius 3 is 2.41 bits per heavy atom. The fourth-order valence-corrected chi connectivity index (χ4v) is 2.82. The molecule has 0 heterocycles. The van der Waals surface area contributed by atoms with Crippen molar-refractivity contribution in [2.45, 2.75) is 46.0 Å². The van der Waals surface area contributed by atoms with E-state index in [0.29, 0.717) is 0 Å². The zero-order valence-electron chi connectivity index (χ0n) is 11.1. The van der Waals surface area contributed by atoms with Gasteiger partial charge in [0.15, 0.2) is 0 Å². The molecule has 0 bridgehead atoms. The number of rotatable bonds is 8. The first-order chi connectivity index (χ1) is 8.36. The van der Waals surface area contributed by atoms with Crippen molar-refractivity contribution in [3.05, 3.63) is 40.8 Å². The van der Waals surface area contributed by atoms with Crippen molar-refractivity contribution in [2.75, 3.05) is 5.75 Å². The highest BCUT2D eigenvalue weighted by Crippen LogP contribution is 2.25. The topological polar surface area (TPSA) is 0 Å². The number of hydrogen-bond acceptors (Lipinski definition) is 1. The van der Waals surface area contributed by atoms with E-state index in [2.05, 4.69) is 50.3 Å². The molecule has 0 aliphatic heterocycles. The maximum absolute atomic E-state index is 2.36. The minimum absolute atomic E-state index is 1.24. The Hall–Kier alpha value is -0.690. The normalized spacial score (nSPS) is 11.8. The molecule has 1 heteroatoms. The van der Waals surface area contributed by atoms with Gasteiger partial charge in [-0.1, -0.05) is 57.0 Å². The van der Waals surface area contributed by atoms with Gasteiger partial charge in [0, 0.05) is 0 Å². The van der Waals surface area contributed by atoms with Crippen LogP contribution in [-0.4, -0.2) is 5.75 Å². The average molecular weight is 248 g/mol. The molecule has 0 nitrogen and oxygen atoms in total. The summed E-state index contributed by atoms with van der Waals surface area (Å²) >= 11 is 2.04. The van der Waals surface area contributed by atoms with E-state index < -0.39 is 0 Å². The number of allylic oxidation sites excluding steroid dienone is 1. The fourth-order valence-electron chi connectivity index (χ4n) is 1.62. The maximum atomic E-state index is 2.36. The molecule has 94 valence electrons. The van der Waals surface area contributed by atoms with Gasteiger partial charge in [0.25, 0.3) is 0 Å². The van der Waals surface area contributed by atoms with Gasteiger partial charge in [0.05, 0.1) is 0 Å². The maximum Gasteiger partial charge on any atom is -0.00233 e. The summed E-state index contributed by atoms with van der Waals surface area (Å²) in [4.78, 5) is 1.55. The van der Waals surface area contributed by atoms with Crippen LogP contribution in [0.5, 0.6) is 0 Å². The first-order valence-corrected chi connectivity index (χ1v) is 7.73. The van der Waals surface area contributed by atoms with Crippen molar-refractivity contribution in [3.63, 3.8) is 0 Å². The molecule has 0 aromatic heterocycles. The molecule has 0 saturated carbocycles. The first kappa shape index (κ1) is 14.4. The molecule has 0 unspecified atom stereocenters. The summed E-state index contributed by atoms with van der Waals surface area (Å²) in [6, 6.07) is 10.7. The van der Waals surface area contributed by atoms with E-state index in [9.17, 15) is 0 Å². The molecular formula is C16H24S. The molecule has 1 aromatic carbocycles. The Labute approximate surface area is 111 Å². The molecule has 0 aliphatic carbocycles. The Kier molecular flexibility index (Phi) is 7.91. The summed E-state index contributed by atoms with van der Waals surface area (Å²) in [5, 5.41) is 0. The minimum Gasteiger partial charge on any atom is -0.131 e. The monoisotopic (exact) mass is 248 g/mol. The molecular weight excluding hydrogens is 224 g/mol. The summed E-state index contributed by atoms with van der Waals surface area (Å²) in [6.45, 7) is 4.52. The summed E-state index contributed by atoms with van der Waals surface area (Å²) in [5.74, 6) is 1.26. The SMILES string of the molecule is CCCCS/C(=C\c1ccccc1)CCCC. The smallest absolute Gasteiger partial charge is 0.00233 e. The summed E-state index contributed by atoms with van der Waals surface area (Å²) < 4.78 is 0. The number of thioether (sulfide) groups is 1. The second-order valence-corrected chi connectivity index (χ2v) is 5.55. The van der Waals surface area contributed by atoms with Crippen molar-refractivity contribution in [1.29, 1.82) is 0 Å². The van der Waals surface area contributed by atoms with E-state index in [0.717, 1.165) is 0 Å². The zero-order chi connectivity index (χ0) is 12.3. The number of hydrogen-bond donors (Lipinski definition) is 0. The van der Waals surface area contributed by atoms with Crippen molar-refractivity contribution < 1.29 is 0 Å². The molecule has 0 N–H and O–H groups in total. The molecule has 0 amide bonds. The number of unbranched alkanes of at least 4 members (excludes halogenated alkanes) is 2. The van der Waals surface area contributed by atoms with Crippen LogP contribution in [0.1, 0.15) is 51.5 Å². The molecule has 0 fully saturated rings. The predicted octanol–water partition coefficient (Wildman–Crippen LogP) is 5.75. The molecule has 0 radical (unpaired) electrons. The Morgan fingerprint density at radius 1 is 1.06 bits per heavy atom. The van der Waals surface area contributed by atoms with Crippen molar-refractivity contribution in [1.82, 2.24) is 0 Å².